The molecule has 1 heterocycles. The number of carboxylic acid groups (broad SMARTS) is 1. The van der Waals surface area contributed by atoms with Gasteiger partial charge >= 0.3 is 5.97 Å². The molecule has 144 valence electrons. The van der Waals surface area contributed by atoms with Crippen LogP contribution < -0.4 is 15.5 Å². The lowest BCUT2D eigenvalue weighted by Gasteiger charge is -2.11. The van der Waals surface area contributed by atoms with Crippen LogP contribution in [0.3, 0.4) is 0 Å². The summed E-state index contributed by atoms with van der Waals surface area (Å²) >= 11 is 6.51. The van der Waals surface area contributed by atoms with Gasteiger partial charge in [-0.15, -0.1) is 11.8 Å². The number of aliphatic carboxylic acids is 1. The van der Waals surface area contributed by atoms with Crippen molar-refractivity contribution in [2.45, 2.75) is 19.2 Å². The number of carbonyl (C=O) groups is 1. The van der Waals surface area contributed by atoms with Crippen LogP contribution in [0.4, 0.5) is 0 Å². The van der Waals surface area contributed by atoms with Crippen LogP contribution >= 0.6 is 24.0 Å². The molecule has 27 heavy (non-hydrogen) atoms. The Bertz CT molecular complexity index is 807. The Morgan fingerprint density at radius 3 is 2.89 bits per heavy atom. The number of thioether (sulfide) groups is 1. The highest BCUT2D eigenvalue weighted by molar-refractivity contribution is 7.99. The van der Waals surface area contributed by atoms with Crippen LogP contribution in [0.2, 0.25) is 0 Å². The van der Waals surface area contributed by atoms with Gasteiger partial charge in [-0.3, -0.25) is 10.2 Å². The third kappa shape index (κ3) is 6.95. The maximum absolute atomic E-state index is 10.7. The van der Waals surface area contributed by atoms with Crippen LogP contribution in [-0.2, 0) is 17.1 Å². The van der Waals surface area contributed by atoms with Crippen molar-refractivity contribution in [1.82, 2.24) is 10.7 Å². The normalized spacial score (nSPS) is 11.1. The van der Waals surface area contributed by atoms with Crippen molar-refractivity contribution in [3.05, 3.63) is 53.5 Å². The number of rotatable bonds is 9. The minimum atomic E-state index is -0.840. The summed E-state index contributed by atoms with van der Waals surface area (Å²) in [6.07, 6.45) is 1.60. The second kappa shape index (κ2) is 10.6. The van der Waals surface area contributed by atoms with E-state index in [4.69, 9.17) is 26.5 Å². The van der Waals surface area contributed by atoms with Crippen LogP contribution in [0.5, 0.6) is 5.75 Å². The molecule has 7 nitrogen and oxygen atoms in total. The second-order valence-corrected chi connectivity index (χ2v) is 6.88. The van der Waals surface area contributed by atoms with E-state index >= 15 is 0 Å². The summed E-state index contributed by atoms with van der Waals surface area (Å²) in [5, 5.41) is 16.5. The number of ether oxygens (including phenoxy) is 1. The fourth-order valence-electron chi connectivity index (χ4n) is 2.18. The summed E-state index contributed by atoms with van der Waals surface area (Å²) in [4.78, 5) is 10.7. The highest BCUT2D eigenvalue weighted by atomic mass is 32.2. The monoisotopic (exact) mass is 407 g/mol. The van der Waals surface area contributed by atoms with Gasteiger partial charge in [0.1, 0.15) is 11.5 Å². The first kappa shape index (κ1) is 20.8. The van der Waals surface area contributed by atoms with Gasteiger partial charge in [-0.2, -0.15) is 5.10 Å². The first-order chi connectivity index (χ1) is 13.0. The molecular formula is C18H21N3O4S2. The number of carboxylic acids is 1. The molecule has 2 aromatic rings. The summed E-state index contributed by atoms with van der Waals surface area (Å²) in [6.45, 7) is 2.33. The SMILES string of the molecule is COc1ccc(/C(C)=N\NC(=S)NCc2ccco2)cc1CSCC(=O)O. The zero-order chi connectivity index (χ0) is 19.6. The molecule has 0 fully saturated rings. The molecule has 0 bridgehead atoms. The summed E-state index contributed by atoms with van der Waals surface area (Å²) in [6, 6.07) is 9.34. The second-order valence-electron chi connectivity index (χ2n) is 5.48. The topological polar surface area (TPSA) is 96.1 Å². The Hall–Kier alpha value is -2.52. The number of methoxy groups -OCH3 is 1. The van der Waals surface area contributed by atoms with Crippen molar-refractivity contribution in [2.24, 2.45) is 5.10 Å². The molecule has 0 saturated heterocycles. The van der Waals surface area contributed by atoms with Gasteiger partial charge < -0.3 is 19.6 Å². The number of thiocarbonyl (C=S) groups is 1. The van der Waals surface area contributed by atoms with Crippen LogP contribution in [0.15, 0.2) is 46.1 Å². The summed E-state index contributed by atoms with van der Waals surface area (Å²) in [5.41, 5.74) is 5.35. The fraction of sp³-hybridized carbons (Fsp3) is 0.278. The van der Waals surface area contributed by atoms with Gasteiger partial charge in [-0.05, 0) is 55.0 Å². The number of nitrogens with one attached hydrogen (secondary N) is 2. The fourth-order valence-corrected chi connectivity index (χ4v) is 3.02. The maximum Gasteiger partial charge on any atom is 0.313 e. The number of nitrogens with zero attached hydrogens (tertiary/aromatic N) is 1. The average Bonchev–Trinajstić information content (AvgIpc) is 3.17. The minimum absolute atomic E-state index is 0.0393. The predicted molar refractivity (Wildman–Crippen MR) is 110 cm³/mol. The third-order valence-corrected chi connectivity index (χ3v) is 4.71. The number of hydrogen-bond acceptors (Lipinski definition) is 6. The zero-order valence-corrected chi connectivity index (χ0v) is 16.7. The Morgan fingerprint density at radius 2 is 2.22 bits per heavy atom. The largest absolute Gasteiger partial charge is 0.496 e. The van der Waals surface area contributed by atoms with Gasteiger partial charge in [0.15, 0.2) is 5.11 Å². The van der Waals surface area contributed by atoms with Crippen molar-refractivity contribution in [2.75, 3.05) is 12.9 Å². The molecule has 0 atom stereocenters. The molecule has 9 heteroatoms. The lowest BCUT2D eigenvalue weighted by atomic mass is 10.1. The van der Waals surface area contributed by atoms with E-state index in [1.165, 1.54) is 11.8 Å². The third-order valence-electron chi connectivity index (χ3n) is 3.51. The van der Waals surface area contributed by atoms with E-state index in [1.807, 2.05) is 37.3 Å². The zero-order valence-electron chi connectivity index (χ0n) is 15.0. The Balaban J connectivity index is 1.96. The van der Waals surface area contributed by atoms with Crippen molar-refractivity contribution in [3.8, 4) is 5.75 Å². The summed E-state index contributed by atoms with van der Waals surface area (Å²) < 4.78 is 10.6. The van der Waals surface area contributed by atoms with E-state index in [0.717, 1.165) is 22.6 Å². The first-order valence-electron chi connectivity index (χ1n) is 8.07. The van der Waals surface area contributed by atoms with Crippen LogP contribution in [0, 0.1) is 0 Å². The van der Waals surface area contributed by atoms with Crippen molar-refractivity contribution >= 4 is 40.8 Å². The molecule has 0 aliphatic rings. The van der Waals surface area contributed by atoms with Gasteiger partial charge in [-0.25, -0.2) is 0 Å². The molecule has 0 aliphatic carbocycles. The Labute approximate surface area is 167 Å². The molecule has 0 spiro atoms. The van der Waals surface area contributed by atoms with Crippen LogP contribution in [0.25, 0.3) is 0 Å². The summed E-state index contributed by atoms with van der Waals surface area (Å²) in [7, 11) is 1.59. The number of benzene rings is 1. The standard InChI is InChI=1S/C18H21N3O4S2/c1-12(20-21-18(26)19-9-15-4-3-7-25-15)13-5-6-16(24-2)14(8-13)10-27-11-17(22)23/h3-8H,9-11H2,1-2H3,(H,22,23)(H2,19,21,26)/b20-12-. The highest BCUT2D eigenvalue weighted by Gasteiger charge is 2.08. The predicted octanol–water partition coefficient (Wildman–Crippen LogP) is 2.99. The van der Waals surface area contributed by atoms with E-state index in [2.05, 4.69) is 15.8 Å². The molecule has 3 N–H and O–H groups in total. The molecule has 0 saturated carbocycles. The lowest BCUT2D eigenvalue weighted by molar-refractivity contribution is -0.133. The van der Waals surface area contributed by atoms with E-state index in [0.29, 0.717) is 23.2 Å². The molecular weight excluding hydrogens is 386 g/mol. The first-order valence-corrected chi connectivity index (χ1v) is 9.63. The summed E-state index contributed by atoms with van der Waals surface area (Å²) in [5.74, 6) is 1.23. The number of furan rings is 1. The molecule has 1 aromatic heterocycles. The van der Waals surface area contributed by atoms with E-state index in [-0.39, 0.29) is 5.75 Å². The molecule has 0 aliphatic heterocycles. The van der Waals surface area contributed by atoms with Gasteiger partial charge in [-0.1, -0.05) is 0 Å². The molecule has 0 unspecified atom stereocenters. The lowest BCUT2D eigenvalue weighted by Crippen LogP contribution is -2.32. The minimum Gasteiger partial charge on any atom is -0.496 e. The molecule has 0 amide bonds. The van der Waals surface area contributed by atoms with Crippen LogP contribution in [0.1, 0.15) is 23.8 Å². The average molecular weight is 408 g/mol. The van der Waals surface area contributed by atoms with Crippen molar-refractivity contribution in [1.29, 1.82) is 0 Å². The van der Waals surface area contributed by atoms with E-state index in [9.17, 15) is 4.79 Å². The Kier molecular flexibility index (Phi) is 8.15. The van der Waals surface area contributed by atoms with Crippen molar-refractivity contribution < 1.29 is 19.1 Å². The number of hydrogen-bond donors (Lipinski definition) is 3. The van der Waals surface area contributed by atoms with Gasteiger partial charge in [0, 0.05) is 11.3 Å². The smallest absolute Gasteiger partial charge is 0.313 e. The van der Waals surface area contributed by atoms with Gasteiger partial charge in [0.25, 0.3) is 0 Å². The van der Waals surface area contributed by atoms with E-state index < -0.39 is 5.97 Å². The number of hydrazone groups is 1. The van der Waals surface area contributed by atoms with Gasteiger partial charge in [0.05, 0.1) is 31.4 Å². The maximum atomic E-state index is 10.7. The quantitative estimate of drug-likeness (QED) is 0.332. The van der Waals surface area contributed by atoms with Crippen molar-refractivity contribution in [3.63, 3.8) is 0 Å². The van der Waals surface area contributed by atoms with Crippen LogP contribution in [-0.4, -0.2) is 34.8 Å². The molecule has 1 aromatic carbocycles. The van der Waals surface area contributed by atoms with E-state index in [1.54, 1.807) is 13.4 Å². The Morgan fingerprint density at radius 1 is 1.41 bits per heavy atom. The molecule has 2 rings (SSSR count). The molecule has 0 radical (unpaired) electrons. The highest BCUT2D eigenvalue weighted by Crippen LogP contribution is 2.25. The van der Waals surface area contributed by atoms with Gasteiger partial charge in [0.2, 0.25) is 0 Å².